The summed E-state index contributed by atoms with van der Waals surface area (Å²) in [4.78, 5) is 47.8. The second-order valence-electron chi connectivity index (χ2n) is 17.7. The van der Waals surface area contributed by atoms with Gasteiger partial charge in [0.1, 0.15) is 35.2 Å². The van der Waals surface area contributed by atoms with Gasteiger partial charge in [0.15, 0.2) is 12.1 Å². The lowest BCUT2D eigenvalue weighted by Crippen LogP contribution is -2.60. The number of ketones is 1. The predicted molar refractivity (Wildman–Crippen MR) is 228 cm³/mol. The van der Waals surface area contributed by atoms with Crippen LogP contribution in [0.5, 0.6) is 11.5 Å². The molecule has 2 aromatic carbocycles. The van der Waals surface area contributed by atoms with Crippen molar-refractivity contribution in [3.05, 3.63) is 65.7 Å². The Morgan fingerprint density at radius 3 is 2.23 bits per heavy atom. The average Bonchev–Trinajstić information content (AvgIpc) is 3.21. The number of nitrogens with zero attached hydrogens (tertiary/aromatic N) is 2. The molecule has 2 aromatic rings. The molecule has 0 aromatic heterocycles. The molecule has 3 aliphatic heterocycles. The summed E-state index contributed by atoms with van der Waals surface area (Å²) in [5.74, 6) is -3.75. The number of benzene rings is 2. The SMILES string of the molecule is CC[C@@H]1OC(=O)[C@H](C)C(=O)[C@H](C)C(O[C@@H]2O[C@H](C)C[C@H](N(C)C)C2O)[C@@]2(C)CC(C)C(=NC(C)=O)C(C)C(OC/C(=C/c3ccc(Oc4ccccc4)cc3)CO2)[C@]1(C)O. The quantitative estimate of drug-likeness (QED) is 0.233. The van der Waals surface area contributed by atoms with E-state index in [1.54, 1.807) is 20.8 Å². The van der Waals surface area contributed by atoms with Gasteiger partial charge in [-0.2, -0.15) is 0 Å². The lowest BCUT2D eigenvalue weighted by molar-refractivity contribution is -0.296. The topological polar surface area (TPSA) is 163 Å². The van der Waals surface area contributed by atoms with E-state index in [0.29, 0.717) is 29.2 Å². The zero-order chi connectivity index (χ0) is 44.1. The van der Waals surface area contributed by atoms with Crippen molar-refractivity contribution >= 4 is 29.4 Å². The van der Waals surface area contributed by atoms with Crippen LogP contribution >= 0.6 is 0 Å². The van der Waals surface area contributed by atoms with Crippen LogP contribution in [0.15, 0.2) is 65.2 Å². The minimum Gasteiger partial charge on any atom is -0.459 e. The normalized spacial score (nSPS) is 37.5. The molecule has 2 N–H and O–H groups in total. The highest BCUT2D eigenvalue weighted by Gasteiger charge is 2.53. The van der Waals surface area contributed by atoms with Crippen LogP contribution in [0.4, 0.5) is 0 Å². The van der Waals surface area contributed by atoms with Crippen molar-refractivity contribution in [1.82, 2.24) is 4.90 Å². The lowest BCUT2D eigenvalue weighted by Gasteiger charge is -2.47. The number of ether oxygens (including phenoxy) is 6. The number of hydrogen-bond acceptors (Lipinski definition) is 12. The molecular formula is C47H66N2O11. The summed E-state index contributed by atoms with van der Waals surface area (Å²) in [5, 5.41) is 24.2. The van der Waals surface area contributed by atoms with E-state index < -0.39 is 83.2 Å². The van der Waals surface area contributed by atoms with Crippen LogP contribution in [0.2, 0.25) is 0 Å². The first-order chi connectivity index (χ1) is 28.2. The van der Waals surface area contributed by atoms with Gasteiger partial charge in [-0.25, -0.2) is 4.99 Å². The second kappa shape index (κ2) is 19.9. The Morgan fingerprint density at radius 1 is 0.967 bits per heavy atom. The molecule has 13 atom stereocenters. The van der Waals surface area contributed by atoms with Crippen molar-refractivity contribution in [2.24, 2.45) is 28.7 Å². The van der Waals surface area contributed by atoms with Crippen LogP contribution in [0, 0.1) is 23.7 Å². The number of hydrogen-bond donors (Lipinski definition) is 2. The van der Waals surface area contributed by atoms with Crippen molar-refractivity contribution < 1.29 is 53.0 Å². The third kappa shape index (κ3) is 11.0. The van der Waals surface area contributed by atoms with E-state index in [2.05, 4.69) is 4.99 Å². The number of amides is 1. The van der Waals surface area contributed by atoms with E-state index in [1.165, 1.54) is 13.8 Å². The fourth-order valence-electron chi connectivity index (χ4n) is 9.15. The van der Waals surface area contributed by atoms with Crippen molar-refractivity contribution in [2.75, 3.05) is 27.3 Å². The number of carbonyl (C=O) groups excluding carboxylic acids is 3. The lowest BCUT2D eigenvalue weighted by atomic mass is 9.73. The fourth-order valence-corrected chi connectivity index (χ4v) is 9.15. The van der Waals surface area contributed by atoms with E-state index >= 15 is 0 Å². The Hall–Kier alpha value is -3.82. The summed E-state index contributed by atoms with van der Waals surface area (Å²) in [6.07, 6.45) is -2.88. The van der Waals surface area contributed by atoms with Gasteiger partial charge in [-0.3, -0.25) is 14.4 Å². The van der Waals surface area contributed by atoms with Crippen LogP contribution in [0.3, 0.4) is 0 Å². The molecule has 60 heavy (non-hydrogen) atoms. The number of cyclic esters (lactones) is 1. The number of para-hydroxylation sites is 1. The van der Waals surface area contributed by atoms with Crippen LogP contribution in [0.25, 0.3) is 6.08 Å². The molecule has 5 rings (SSSR count). The molecule has 3 aliphatic rings. The van der Waals surface area contributed by atoms with Gasteiger partial charge in [0, 0.05) is 30.5 Å². The summed E-state index contributed by atoms with van der Waals surface area (Å²) in [6, 6.07) is 16.7. The van der Waals surface area contributed by atoms with Gasteiger partial charge < -0.3 is 43.5 Å². The number of esters is 1. The molecule has 330 valence electrons. The summed E-state index contributed by atoms with van der Waals surface area (Å²) in [5.41, 5.74) is -1.18. The minimum absolute atomic E-state index is 0.00167. The zero-order valence-corrected chi connectivity index (χ0v) is 37.1. The largest absolute Gasteiger partial charge is 0.459 e. The molecular weight excluding hydrogens is 769 g/mol. The molecule has 0 saturated carbocycles. The zero-order valence-electron chi connectivity index (χ0n) is 37.1. The Kier molecular flexibility index (Phi) is 15.7. The Bertz CT molecular complexity index is 1850. The van der Waals surface area contributed by atoms with Crippen LogP contribution < -0.4 is 4.74 Å². The maximum absolute atomic E-state index is 14.6. The summed E-state index contributed by atoms with van der Waals surface area (Å²) in [6.45, 7) is 15.4. The molecule has 3 fully saturated rings. The van der Waals surface area contributed by atoms with Gasteiger partial charge in [-0.15, -0.1) is 0 Å². The molecule has 0 spiro atoms. The highest BCUT2D eigenvalue weighted by Crippen LogP contribution is 2.41. The standard InChI is InChI=1S/C47H66N2O11/c1-12-38-47(9,54)43-29(4)39(48-32(7)50)27(2)24-46(8,56-26-34(25-55-43)23-33-18-20-36(21-19-33)58-35-16-14-13-15-17-35)42(30(5)40(51)31(6)44(53)59-38)60-45-41(52)37(49(10)11)22-28(3)57-45/h13-21,23,27-31,37-38,41-43,45,52,54H,12,22,24-26H2,1-11H3/b34-23-,48-39?/t27?,28-,29?,30+,31-,37+,38+,41?,42?,43?,45+,46-,47-/m1/s1. The molecule has 5 unspecified atom stereocenters. The van der Waals surface area contributed by atoms with E-state index in [0.717, 1.165) is 5.56 Å². The maximum Gasteiger partial charge on any atom is 0.316 e. The van der Waals surface area contributed by atoms with Crippen LogP contribution in [-0.2, 0) is 38.1 Å². The van der Waals surface area contributed by atoms with Crippen molar-refractivity contribution in [1.29, 1.82) is 0 Å². The van der Waals surface area contributed by atoms with E-state index in [-0.39, 0.29) is 38.2 Å². The Balaban J connectivity index is 1.69. The molecule has 3 saturated heterocycles. The molecule has 13 heteroatoms. The molecule has 0 aliphatic carbocycles. The molecule has 3 heterocycles. The van der Waals surface area contributed by atoms with Crippen LogP contribution in [-0.4, -0.2) is 120 Å². The van der Waals surface area contributed by atoms with E-state index in [1.807, 2.05) is 107 Å². The highest BCUT2D eigenvalue weighted by atomic mass is 16.7. The number of aliphatic hydroxyl groups is 2. The first-order valence-corrected chi connectivity index (χ1v) is 21.2. The van der Waals surface area contributed by atoms with Gasteiger partial charge in [-0.1, -0.05) is 64.1 Å². The van der Waals surface area contributed by atoms with E-state index in [9.17, 15) is 24.6 Å². The van der Waals surface area contributed by atoms with Crippen molar-refractivity contribution in [3.8, 4) is 11.5 Å². The third-order valence-corrected chi connectivity index (χ3v) is 12.4. The van der Waals surface area contributed by atoms with Gasteiger partial charge in [0.2, 0.25) is 5.91 Å². The van der Waals surface area contributed by atoms with Gasteiger partial charge >= 0.3 is 5.97 Å². The summed E-state index contributed by atoms with van der Waals surface area (Å²) in [7, 11) is 3.76. The van der Waals surface area contributed by atoms with Crippen molar-refractivity contribution in [3.63, 3.8) is 0 Å². The number of carbonyl (C=O) groups is 3. The van der Waals surface area contributed by atoms with Gasteiger partial charge in [-0.05, 0) is 102 Å². The van der Waals surface area contributed by atoms with Crippen LogP contribution in [0.1, 0.15) is 87.1 Å². The average molecular weight is 835 g/mol. The fraction of sp³-hybridized carbons (Fsp3) is 0.617. The summed E-state index contributed by atoms with van der Waals surface area (Å²) >= 11 is 0. The Morgan fingerprint density at radius 2 is 1.62 bits per heavy atom. The molecule has 1 amide bonds. The number of aliphatic imine (C=N–C) groups is 1. The Labute approximate surface area is 355 Å². The molecule has 2 bridgehead atoms. The first-order valence-electron chi connectivity index (χ1n) is 21.2. The van der Waals surface area contributed by atoms with Gasteiger partial charge in [0.25, 0.3) is 0 Å². The van der Waals surface area contributed by atoms with E-state index in [4.69, 9.17) is 28.4 Å². The number of Topliss-reactive ketones (excluding diaryl/α,β-unsaturated/α-hetero) is 1. The smallest absolute Gasteiger partial charge is 0.316 e. The number of rotatable bonds is 7. The number of fused-ring (bicyclic) bond motifs is 5. The maximum atomic E-state index is 14.6. The first kappa shape index (κ1) is 47.2. The monoisotopic (exact) mass is 834 g/mol. The molecule has 13 nitrogen and oxygen atoms in total. The predicted octanol–water partition coefficient (Wildman–Crippen LogP) is 6.43. The van der Waals surface area contributed by atoms with Crippen molar-refractivity contribution in [2.45, 2.75) is 136 Å². The third-order valence-electron chi connectivity index (χ3n) is 12.4. The van der Waals surface area contributed by atoms with Gasteiger partial charge in [0.05, 0.1) is 37.1 Å². The molecule has 0 radical (unpaired) electrons. The summed E-state index contributed by atoms with van der Waals surface area (Å²) < 4.78 is 38.9. The minimum atomic E-state index is -1.81. The second-order valence-corrected chi connectivity index (χ2v) is 17.7. The number of likely N-dealkylation sites (N-methyl/N-ethyl adjacent to an activating group) is 1. The number of aliphatic hydroxyl groups excluding tert-OH is 1. The highest BCUT2D eigenvalue weighted by molar-refractivity contribution is 6.00.